The first kappa shape index (κ1) is 23.0. The average molecular weight is 450 g/mol. The molecule has 3 aromatic carbocycles. The van der Waals surface area contributed by atoms with Gasteiger partial charge in [-0.05, 0) is 23.8 Å². The van der Waals surface area contributed by atoms with E-state index < -0.39 is 11.9 Å². The van der Waals surface area contributed by atoms with Crippen LogP contribution >= 0.6 is 11.6 Å². The molecule has 0 saturated heterocycles. The van der Waals surface area contributed by atoms with Gasteiger partial charge in [-0.2, -0.15) is 0 Å². The highest BCUT2D eigenvalue weighted by Crippen LogP contribution is 2.28. The van der Waals surface area contributed by atoms with Gasteiger partial charge in [0.2, 0.25) is 11.8 Å². The Morgan fingerprint density at radius 3 is 2.22 bits per heavy atom. The van der Waals surface area contributed by atoms with Crippen LogP contribution in [0.15, 0.2) is 78.9 Å². The number of primary amides is 1. The summed E-state index contributed by atoms with van der Waals surface area (Å²) < 4.78 is 0. The fraction of sp³-hybridized carbons (Fsp3) is 0.160. The van der Waals surface area contributed by atoms with Crippen molar-refractivity contribution in [2.45, 2.75) is 12.5 Å². The zero-order chi connectivity index (χ0) is 23.1. The first-order chi connectivity index (χ1) is 15.4. The third-order valence-electron chi connectivity index (χ3n) is 5.10. The number of carbonyl (C=O) groups excluding carboxylic acids is 3. The van der Waals surface area contributed by atoms with Gasteiger partial charge in [0, 0.05) is 35.3 Å². The molecule has 164 valence electrons. The van der Waals surface area contributed by atoms with Gasteiger partial charge in [0.1, 0.15) is 6.04 Å². The van der Waals surface area contributed by atoms with Crippen LogP contribution in [0.3, 0.4) is 0 Å². The first-order valence-electron chi connectivity index (χ1n) is 10.1. The molecule has 0 unspecified atom stereocenters. The number of carbonyl (C=O) groups is 3. The van der Waals surface area contributed by atoms with Crippen LogP contribution in [0.2, 0.25) is 5.02 Å². The molecule has 7 heteroatoms. The fourth-order valence-electron chi connectivity index (χ4n) is 3.45. The van der Waals surface area contributed by atoms with Gasteiger partial charge in [0.15, 0.2) is 5.78 Å². The van der Waals surface area contributed by atoms with Gasteiger partial charge in [0.05, 0.1) is 6.54 Å². The lowest BCUT2D eigenvalue weighted by Crippen LogP contribution is -2.49. The van der Waals surface area contributed by atoms with E-state index in [0.717, 1.165) is 5.56 Å². The van der Waals surface area contributed by atoms with Crippen molar-refractivity contribution in [3.8, 4) is 0 Å². The molecular weight excluding hydrogens is 426 g/mol. The number of nitrogens with two attached hydrogens (primary N) is 1. The van der Waals surface area contributed by atoms with E-state index in [1.165, 1.54) is 0 Å². The predicted molar refractivity (Wildman–Crippen MR) is 126 cm³/mol. The maximum Gasteiger partial charge on any atom is 0.243 e. The summed E-state index contributed by atoms with van der Waals surface area (Å²) in [5.74, 6) is -1.21. The highest BCUT2D eigenvalue weighted by atomic mass is 35.5. The van der Waals surface area contributed by atoms with Gasteiger partial charge >= 0.3 is 0 Å². The number of benzene rings is 3. The Morgan fingerprint density at radius 2 is 1.59 bits per heavy atom. The van der Waals surface area contributed by atoms with Gasteiger partial charge in [-0.3, -0.25) is 14.4 Å². The molecule has 0 bridgehead atoms. The molecule has 0 radical (unpaired) electrons. The molecule has 0 fully saturated rings. The molecule has 3 rings (SSSR count). The number of nitrogens with one attached hydrogen (secondary N) is 1. The Hall–Kier alpha value is -3.64. The van der Waals surface area contributed by atoms with Crippen molar-refractivity contribution in [2.75, 3.05) is 18.5 Å². The summed E-state index contributed by atoms with van der Waals surface area (Å²) in [7, 11) is 1.74. The molecule has 0 aliphatic heterocycles. The third-order valence-corrected chi connectivity index (χ3v) is 5.33. The van der Waals surface area contributed by atoms with E-state index in [-0.39, 0.29) is 18.2 Å². The van der Waals surface area contributed by atoms with Crippen molar-refractivity contribution in [1.82, 2.24) is 5.32 Å². The third kappa shape index (κ3) is 5.74. The zero-order valence-electron chi connectivity index (χ0n) is 17.6. The number of ketones is 1. The summed E-state index contributed by atoms with van der Waals surface area (Å²) in [6, 6.07) is 22.7. The first-order valence-corrected chi connectivity index (χ1v) is 10.5. The molecule has 0 heterocycles. The molecule has 3 N–H and O–H groups in total. The SMILES string of the molecule is CN(c1ccc(Cl)cc1C(=O)c1ccccc1)[C@@H](Cc1ccccc1)C(=O)NCC(N)=O. The summed E-state index contributed by atoms with van der Waals surface area (Å²) >= 11 is 6.21. The number of halogens is 1. The summed E-state index contributed by atoms with van der Waals surface area (Å²) in [6.45, 7) is -0.269. The van der Waals surface area contributed by atoms with Crippen LogP contribution in [0.5, 0.6) is 0 Å². The summed E-state index contributed by atoms with van der Waals surface area (Å²) in [4.78, 5) is 39.2. The number of anilines is 1. The minimum Gasteiger partial charge on any atom is -0.368 e. The van der Waals surface area contributed by atoms with Gasteiger partial charge in [-0.25, -0.2) is 0 Å². The lowest BCUT2D eigenvalue weighted by atomic mass is 9.98. The summed E-state index contributed by atoms with van der Waals surface area (Å²) in [5, 5.41) is 2.99. The number of nitrogens with zero attached hydrogens (tertiary/aromatic N) is 1. The van der Waals surface area contributed by atoms with Gasteiger partial charge in [-0.15, -0.1) is 0 Å². The second-order valence-electron chi connectivity index (χ2n) is 7.36. The summed E-state index contributed by atoms with van der Waals surface area (Å²) in [5.41, 5.74) is 7.58. The Labute approximate surface area is 192 Å². The van der Waals surface area contributed by atoms with Crippen molar-refractivity contribution in [2.24, 2.45) is 5.73 Å². The Morgan fingerprint density at radius 1 is 0.969 bits per heavy atom. The van der Waals surface area contributed by atoms with Crippen molar-refractivity contribution in [3.63, 3.8) is 0 Å². The normalized spacial score (nSPS) is 11.4. The Balaban J connectivity index is 1.99. The topological polar surface area (TPSA) is 92.5 Å². The maximum atomic E-state index is 13.2. The smallest absolute Gasteiger partial charge is 0.243 e. The van der Waals surface area contributed by atoms with Crippen LogP contribution < -0.4 is 16.0 Å². The quantitative estimate of drug-likeness (QED) is 0.490. The largest absolute Gasteiger partial charge is 0.368 e. The number of hydrogen-bond acceptors (Lipinski definition) is 4. The number of hydrogen-bond donors (Lipinski definition) is 2. The fourth-order valence-corrected chi connectivity index (χ4v) is 3.62. The highest BCUT2D eigenvalue weighted by molar-refractivity contribution is 6.31. The molecule has 1 atom stereocenters. The molecule has 0 spiro atoms. The van der Waals surface area contributed by atoms with Gasteiger partial charge in [0.25, 0.3) is 0 Å². The molecular formula is C25H24ClN3O3. The molecule has 2 amide bonds. The monoisotopic (exact) mass is 449 g/mol. The van der Waals surface area contributed by atoms with Gasteiger partial charge < -0.3 is 16.0 Å². The van der Waals surface area contributed by atoms with Crippen LogP contribution in [0.25, 0.3) is 0 Å². The molecule has 0 aliphatic carbocycles. The van der Waals surface area contributed by atoms with Crippen molar-refractivity contribution in [3.05, 3.63) is 101 Å². The molecule has 32 heavy (non-hydrogen) atoms. The molecule has 0 aromatic heterocycles. The molecule has 0 aliphatic rings. The number of likely N-dealkylation sites (N-methyl/N-ethyl adjacent to an activating group) is 1. The molecule has 3 aromatic rings. The van der Waals surface area contributed by atoms with Crippen molar-refractivity contribution in [1.29, 1.82) is 0 Å². The van der Waals surface area contributed by atoms with E-state index in [4.69, 9.17) is 17.3 Å². The van der Waals surface area contributed by atoms with Crippen molar-refractivity contribution >= 4 is 34.9 Å². The Bertz CT molecular complexity index is 1100. The van der Waals surface area contributed by atoms with Crippen LogP contribution in [0.4, 0.5) is 5.69 Å². The van der Waals surface area contributed by atoms with E-state index in [1.807, 2.05) is 36.4 Å². The van der Waals surface area contributed by atoms with E-state index in [1.54, 1.807) is 54.4 Å². The minimum atomic E-state index is -0.694. The zero-order valence-corrected chi connectivity index (χ0v) is 18.4. The highest BCUT2D eigenvalue weighted by Gasteiger charge is 2.27. The van der Waals surface area contributed by atoms with E-state index in [9.17, 15) is 14.4 Å². The van der Waals surface area contributed by atoms with E-state index in [0.29, 0.717) is 28.3 Å². The lowest BCUT2D eigenvalue weighted by molar-refractivity contribution is -0.125. The average Bonchev–Trinajstić information content (AvgIpc) is 2.81. The number of rotatable bonds is 9. The maximum absolute atomic E-state index is 13.2. The second-order valence-corrected chi connectivity index (χ2v) is 7.79. The predicted octanol–water partition coefficient (Wildman–Crippen LogP) is 3.22. The van der Waals surface area contributed by atoms with E-state index >= 15 is 0 Å². The number of amides is 2. The van der Waals surface area contributed by atoms with Gasteiger partial charge in [-0.1, -0.05) is 72.3 Å². The van der Waals surface area contributed by atoms with Crippen LogP contribution in [0.1, 0.15) is 21.5 Å². The van der Waals surface area contributed by atoms with Crippen LogP contribution in [0, 0.1) is 0 Å². The second kappa shape index (κ2) is 10.6. The summed E-state index contributed by atoms with van der Waals surface area (Å²) in [6.07, 6.45) is 0.365. The Kier molecular flexibility index (Phi) is 7.63. The lowest BCUT2D eigenvalue weighted by Gasteiger charge is -2.31. The molecule has 0 saturated carbocycles. The van der Waals surface area contributed by atoms with Crippen LogP contribution in [-0.4, -0.2) is 37.2 Å². The standard InChI is InChI=1S/C25H24ClN3O3/c1-29(22(25(32)28-16-23(27)30)14-17-8-4-2-5-9-17)21-13-12-19(26)15-20(21)24(31)18-10-6-3-7-11-18/h2-13,15,22H,14,16H2,1H3,(H2,27,30)(H,28,32)/t22-/m0/s1. The minimum absolute atomic E-state index is 0.203. The van der Waals surface area contributed by atoms with Crippen molar-refractivity contribution < 1.29 is 14.4 Å². The molecule has 6 nitrogen and oxygen atoms in total. The van der Waals surface area contributed by atoms with E-state index in [2.05, 4.69) is 5.32 Å². The van der Waals surface area contributed by atoms with Crippen LogP contribution in [-0.2, 0) is 16.0 Å².